The maximum atomic E-state index is 12.1. The fourth-order valence-electron chi connectivity index (χ4n) is 1.81. The van der Waals surface area contributed by atoms with Crippen molar-refractivity contribution in [3.63, 3.8) is 0 Å². The van der Waals surface area contributed by atoms with Crippen LogP contribution in [0.1, 0.15) is 6.92 Å². The number of amides is 1. The van der Waals surface area contributed by atoms with Crippen molar-refractivity contribution >= 4 is 11.6 Å². The number of para-hydroxylation sites is 2. The summed E-state index contributed by atoms with van der Waals surface area (Å²) < 4.78 is 5.48. The molecule has 0 atom stereocenters. The Morgan fingerprint density at radius 3 is 2.55 bits per heavy atom. The van der Waals surface area contributed by atoms with Gasteiger partial charge in [-0.3, -0.25) is 9.69 Å². The molecule has 0 radical (unpaired) electrons. The van der Waals surface area contributed by atoms with Crippen molar-refractivity contribution < 1.29 is 9.53 Å². The molecule has 1 N–H and O–H groups in total. The van der Waals surface area contributed by atoms with E-state index >= 15 is 0 Å². The standard InChI is InChI=1S/C16H22N2O2/c1-4-11-18(12-5-2)13-16(19)17-14-9-7-8-10-15(14)20-6-3/h4-5,7-10H,1-2,6,11-13H2,3H3,(H,17,19). The molecule has 0 bridgehead atoms. The molecule has 0 aliphatic heterocycles. The normalized spacial score (nSPS) is 10.1. The monoisotopic (exact) mass is 274 g/mol. The van der Waals surface area contributed by atoms with E-state index in [1.54, 1.807) is 12.2 Å². The van der Waals surface area contributed by atoms with Gasteiger partial charge in [-0.1, -0.05) is 24.3 Å². The van der Waals surface area contributed by atoms with Crippen molar-refractivity contribution in [3.8, 4) is 5.75 Å². The first-order valence-electron chi connectivity index (χ1n) is 6.67. The number of carbonyl (C=O) groups is 1. The maximum absolute atomic E-state index is 12.1. The van der Waals surface area contributed by atoms with E-state index in [0.29, 0.717) is 37.7 Å². The lowest BCUT2D eigenvalue weighted by Gasteiger charge is -2.18. The fraction of sp³-hybridized carbons (Fsp3) is 0.312. The molecule has 1 aromatic carbocycles. The number of anilines is 1. The second-order valence-corrected chi connectivity index (χ2v) is 4.25. The quantitative estimate of drug-likeness (QED) is 0.704. The summed E-state index contributed by atoms with van der Waals surface area (Å²) in [6.45, 7) is 11.4. The molecule has 1 rings (SSSR count). The summed E-state index contributed by atoms with van der Waals surface area (Å²) in [5, 5.41) is 2.87. The summed E-state index contributed by atoms with van der Waals surface area (Å²) in [6, 6.07) is 7.41. The molecule has 1 amide bonds. The SMILES string of the molecule is C=CCN(CC=C)CC(=O)Nc1ccccc1OCC. The molecular weight excluding hydrogens is 252 g/mol. The predicted octanol–water partition coefficient (Wildman–Crippen LogP) is 2.70. The van der Waals surface area contributed by atoms with Crippen LogP contribution in [0.2, 0.25) is 0 Å². The van der Waals surface area contributed by atoms with Crippen LogP contribution in [0.5, 0.6) is 5.75 Å². The van der Waals surface area contributed by atoms with Crippen LogP contribution in [-0.4, -0.2) is 37.0 Å². The number of carbonyl (C=O) groups excluding carboxylic acids is 1. The van der Waals surface area contributed by atoms with Gasteiger partial charge in [0.25, 0.3) is 0 Å². The summed E-state index contributed by atoms with van der Waals surface area (Å²) in [7, 11) is 0. The molecule has 0 spiro atoms. The van der Waals surface area contributed by atoms with Gasteiger partial charge in [0, 0.05) is 13.1 Å². The minimum absolute atomic E-state index is 0.0825. The Morgan fingerprint density at radius 2 is 1.95 bits per heavy atom. The van der Waals surface area contributed by atoms with Crippen molar-refractivity contribution in [3.05, 3.63) is 49.6 Å². The average molecular weight is 274 g/mol. The summed E-state index contributed by atoms with van der Waals surface area (Å²) in [6.07, 6.45) is 3.54. The molecule has 0 saturated heterocycles. The van der Waals surface area contributed by atoms with Crippen molar-refractivity contribution in [2.75, 3.05) is 31.6 Å². The highest BCUT2D eigenvalue weighted by Crippen LogP contribution is 2.23. The van der Waals surface area contributed by atoms with Gasteiger partial charge in [-0.25, -0.2) is 0 Å². The largest absolute Gasteiger partial charge is 0.492 e. The first kappa shape index (κ1) is 16.0. The van der Waals surface area contributed by atoms with Crippen LogP contribution in [0.3, 0.4) is 0 Å². The van der Waals surface area contributed by atoms with E-state index in [0.717, 1.165) is 0 Å². The number of hydrogen-bond acceptors (Lipinski definition) is 3. The Morgan fingerprint density at radius 1 is 1.30 bits per heavy atom. The van der Waals surface area contributed by atoms with E-state index < -0.39 is 0 Å². The lowest BCUT2D eigenvalue weighted by atomic mass is 10.3. The van der Waals surface area contributed by atoms with E-state index in [1.165, 1.54) is 0 Å². The Labute approximate surface area is 120 Å². The molecule has 0 unspecified atom stereocenters. The van der Waals surface area contributed by atoms with Crippen LogP contribution >= 0.6 is 0 Å². The highest BCUT2D eigenvalue weighted by molar-refractivity contribution is 5.93. The van der Waals surface area contributed by atoms with Crippen molar-refractivity contribution in [2.24, 2.45) is 0 Å². The van der Waals surface area contributed by atoms with Gasteiger partial charge in [0.2, 0.25) is 5.91 Å². The van der Waals surface area contributed by atoms with Crippen LogP contribution in [0.25, 0.3) is 0 Å². The lowest BCUT2D eigenvalue weighted by Crippen LogP contribution is -2.33. The molecule has 4 heteroatoms. The van der Waals surface area contributed by atoms with Crippen LogP contribution in [0.4, 0.5) is 5.69 Å². The summed E-state index contributed by atoms with van der Waals surface area (Å²) in [5.74, 6) is 0.600. The second-order valence-electron chi connectivity index (χ2n) is 4.25. The maximum Gasteiger partial charge on any atom is 0.238 e. The molecule has 0 saturated carbocycles. The molecule has 0 fully saturated rings. The zero-order valence-electron chi connectivity index (χ0n) is 12.0. The molecule has 108 valence electrons. The zero-order valence-corrected chi connectivity index (χ0v) is 12.0. The second kappa shape index (κ2) is 8.93. The molecule has 1 aromatic rings. The highest BCUT2D eigenvalue weighted by Gasteiger charge is 2.10. The van der Waals surface area contributed by atoms with Crippen LogP contribution in [-0.2, 0) is 4.79 Å². The van der Waals surface area contributed by atoms with E-state index in [1.807, 2.05) is 36.1 Å². The van der Waals surface area contributed by atoms with Gasteiger partial charge >= 0.3 is 0 Å². The molecule has 20 heavy (non-hydrogen) atoms. The van der Waals surface area contributed by atoms with Crippen LogP contribution in [0, 0.1) is 0 Å². The van der Waals surface area contributed by atoms with E-state index in [2.05, 4.69) is 18.5 Å². The number of rotatable bonds is 9. The Kier molecular flexibility index (Phi) is 7.14. The molecule has 0 aliphatic carbocycles. The average Bonchev–Trinajstić information content (AvgIpc) is 2.42. The van der Waals surface area contributed by atoms with Gasteiger partial charge in [0.05, 0.1) is 18.8 Å². The molecule has 0 aromatic heterocycles. The summed E-state index contributed by atoms with van der Waals surface area (Å²) in [4.78, 5) is 14.0. The van der Waals surface area contributed by atoms with E-state index in [4.69, 9.17) is 4.74 Å². The number of hydrogen-bond donors (Lipinski definition) is 1. The Bertz CT molecular complexity index is 448. The van der Waals surface area contributed by atoms with Crippen LogP contribution < -0.4 is 10.1 Å². The minimum Gasteiger partial charge on any atom is -0.492 e. The molecule has 0 aliphatic rings. The van der Waals surface area contributed by atoms with Gasteiger partial charge < -0.3 is 10.1 Å². The molecular formula is C16H22N2O2. The number of nitrogens with one attached hydrogen (secondary N) is 1. The predicted molar refractivity (Wildman–Crippen MR) is 83.1 cm³/mol. The first-order valence-corrected chi connectivity index (χ1v) is 6.67. The number of ether oxygens (including phenoxy) is 1. The third-order valence-corrected chi connectivity index (χ3v) is 2.60. The zero-order chi connectivity index (χ0) is 14.8. The van der Waals surface area contributed by atoms with Crippen molar-refractivity contribution in [1.82, 2.24) is 4.90 Å². The number of benzene rings is 1. The first-order chi connectivity index (χ1) is 9.71. The molecule has 0 heterocycles. The third-order valence-electron chi connectivity index (χ3n) is 2.60. The minimum atomic E-state index is -0.0825. The van der Waals surface area contributed by atoms with Crippen LogP contribution in [0.15, 0.2) is 49.6 Å². The van der Waals surface area contributed by atoms with Gasteiger partial charge in [-0.05, 0) is 19.1 Å². The topological polar surface area (TPSA) is 41.6 Å². The fourth-order valence-corrected chi connectivity index (χ4v) is 1.81. The van der Waals surface area contributed by atoms with Gasteiger partial charge in [0.1, 0.15) is 5.75 Å². The lowest BCUT2D eigenvalue weighted by molar-refractivity contribution is -0.117. The van der Waals surface area contributed by atoms with E-state index in [9.17, 15) is 4.79 Å². The summed E-state index contributed by atoms with van der Waals surface area (Å²) >= 11 is 0. The molecule has 4 nitrogen and oxygen atoms in total. The van der Waals surface area contributed by atoms with Gasteiger partial charge in [-0.15, -0.1) is 13.2 Å². The summed E-state index contributed by atoms with van der Waals surface area (Å²) in [5.41, 5.74) is 0.691. The Hall–Kier alpha value is -2.07. The number of nitrogens with zero attached hydrogens (tertiary/aromatic N) is 1. The Balaban J connectivity index is 2.65. The van der Waals surface area contributed by atoms with Gasteiger partial charge in [-0.2, -0.15) is 0 Å². The highest BCUT2D eigenvalue weighted by atomic mass is 16.5. The smallest absolute Gasteiger partial charge is 0.238 e. The van der Waals surface area contributed by atoms with Crippen molar-refractivity contribution in [2.45, 2.75) is 6.92 Å². The van der Waals surface area contributed by atoms with Crippen molar-refractivity contribution in [1.29, 1.82) is 0 Å². The van der Waals surface area contributed by atoms with E-state index in [-0.39, 0.29) is 5.91 Å². The third kappa shape index (κ3) is 5.28. The van der Waals surface area contributed by atoms with Gasteiger partial charge in [0.15, 0.2) is 0 Å².